The van der Waals surface area contributed by atoms with Crippen molar-refractivity contribution in [2.24, 2.45) is 4.99 Å². The van der Waals surface area contributed by atoms with Gasteiger partial charge in [0.25, 0.3) is 5.91 Å². The molecular weight excluding hydrogens is 580 g/mol. The smallest absolute Gasteiger partial charge is 0.252 e. The Morgan fingerprint density at radius 2 is 1.68 bits per heavy atom. The number of benzene rings is 3. The molecule has 10 heteroatoms. The standard InChI is InChI=1S/C30H33BrN2O7/c1-36-24-15-26(37-2)25(27(16-24)38-3)18-32-29(35)30(17-20-5-9-22(31)10-6-20)19-40-28(33-30)21-7-11-23(12-8-21)39-14-4-13-34/h5-12,15-16,34H,4,13-14,17-19H2,1-3H3,(H,32,35)/t30-/m1/s1. The van der Waals surface area contributed by atoms with E-state index in [1.807, 2.05) is 48.5 Å². The van der Waals surface area contributed by atoms with Crippen molar-refractivity contribution < 1.29 is 33.6 Å². The van der Waals surface area contributed by atoms with E-state index in [4.69, 9.17) is 33.8 Å². The number of aliphatic imine (C=N–C) groups is 1. The van der Waals surface area contributed by atoms with E-state index in [0.29, 0.717) is 53.9 Å². The summed E-state index contributed by atoms with van der Waals surface area (Å²) >= 11 is 3.47. The van der Waals surface area contributed by atoms with E-state index in [9.17, 15) is 4.79 Å². The van der Waals surface area contributed by atoms with Crippen LogP contribution in [-0.2, 0) is 22.5 Å². The van der Waals surface area contributed by atoms with Crippen molar-refractivity contribution in [3.63, 3.8) is 0 Å². The van der Waals surface area contributed by atoms with Gasteiger partial charge in [-0.25, -0.2) is 4.99 Å². The molecule has 1 aliphatic rings. The highest BCUT2D eigenvalue weighted by atomic mass is 79.9. The molecule has 0 unspecified atom stereocenters. The highest BCUT2D eigenvalue weighted by molar-refractivity contribution is 9.10. The number of halogens is 1. The molecule has 212 valence electrons. The van der Waals surface area contributed by atoms with Crippen molar-refractivity contribution in [2.75, 3.05) is 41.2 Å². The molecule has 1 atom stereocenters. The second-order valence-electron chi connectivity index (χ2n) is 9.18. The summed E-state index contributed by atoms with van der Waals surface area (Å²) in [5, 5.41) is 12.0. The molecule has 1 aliphatic heterocycles. The normalized spacial score (nSPS) is 16.1. The minimum atomic E-state index is -1.19. The van der Waals surface area contributed by atoms with Gasteiger partial charge >= 0.3 is 0 Å². The van der Waals surface area contributed by atoms with Crippen LogP contribution in [-0.4, -0.2) is 63.6 Å². The highest BCUT2D eigenvalue weighted by Crippen LogP contribution is 2.34. The predicted molar refractivity (Wildman–Crippen MR) is 155 cm³/mol. The topological polar surface area (TPSA) is 108 Å². The van der Waals surface area contributed by atoms with Crippen LogP contribution < -0.4 is 24.3 Å². The van der Waals surface area contributed by atoms with Gasteiger partial charge < -0.3 is 34.1 Å². The van der Waals surface area contributed by atoms with Crippen LogP contribution in [0.25, 0.3) is 0 Å². The van der Waals surface area contributed by atoms with Gasteiger partial charge in [-0.15, -0.1) is 0 Å². The van der Waals surface area contributed by atoms with E-state index in [-0.39, 0.29) is 25.7 Å². The van der Waals surface area contributed by atoms with Gasteiger partial charge in [0.2, 0.25) is 5.90 Å². The van der Waals surface area contributed by atoms with Gasteiger partial charge in [0, 0.05) is 41.6 Å². The molecule has 40 heavy (non-hydrogen) atoms. The van der Waals surface area contributed by atoms with Crippen LogP contribution in [0, 0.1) is 0 Å². The number of amides is 1. The maximum Gasteiger partial charge on any atom is 0.252 e. The van der Waals surface area contributed by atoms with Crippen LogP contribution in [0.5, 0.6) is 23.0 Å². The van der Waals surface area contributed by atoms with Gasteiger partial charge in [-0.2, -0.15) is 0 Å². The van der Waals surface area contributed by atoms with Gasteiger partial charge in [-0.1, -0.05) is 28.1 Å². The first-order valence-electron chi connectivity index (χ1n) is 12.8. The average molecular weight is 614 g/mol. The third-order valence-electron chi connectivity index (χ3n) is 6.51. The number of ether oxygens (including phenoxy) is 5. The molecule has 2 N–H and O–H groups in total. The number of hydrogen-bond acceptors (Lipinski definition) is 8. The molecule has 0 bridgehead atoms. The second kappa shape index (κ2) is 13.5. The minimum Gasteiger partial charge on any atom is -0.496 e. The SMILES string of the molecule is COc1cc(OC)c(CNC(=O)[C@@]2(Cc3ccc(Br)cc3)COC(c3ccc(OCCCO)cc3)=N2)c(OC)c1. The fraction of sp³-hybridized carbons (Fsp3) is 0.333. The molecule has 0 saturated carbocycles. The van der Waals surface area contributed by atoms with Crippen molar-refractivity contribution in [3.8, 4) is 23.0 Å². The van der Waals surface area contributed by atoms with Crippen LogP contribution in [0.1, 0.15) is 23.1 Å². The maximum absolute atomic E-state index is 13.9. The van der Waals surface area contributed by atoms with Crippen molar-refractivity contribution in [3.05, 3.63) is 81.8 Å². The summed E-state index contributed by atoms with van der Waals surface area (Å²) < 4.78 is 29.0. The summed E-state index contributed by atoms with van der Waals surface area (Å²) in [6.07, 6.45) is 0.897. The third-order valence-corrected chi connectivity index (χ3v) is 7.04. The molecule has 3 aromatic carbocycles. The Morgan fingerprint density at radius 3 is 2.27 bits per heavy atom. The number of aliphatic hydroxyl groups is 1. The number of aliphatic hydroxyl groups excluding tert-OH is 1. The lowest BCUT2D eigenvalue weighted by Crippen LogP contribution is -2.48. The second-order valence-corrected chi connectivity index (χ2v) is 10.1. The summed E-state index contributed by atoms with van der Waals surface area (Å²) in [6.45, 7) is 0.731. The zero-order valence-corrected chi connectivity index (χ0v) is 24.3. The lowest BCUT2D eigenvalue weighted by Gasteiger charge is -2.24. The number of hydrogen-bond donors (Lipinski definition) is 2. The molecule has 0 fully saturated rings. The summed E-state index contributed by atoms with van der Waals surface area (Å²) in [7, 11) is 4.67. The van der Waals surface area contributed by atoms with Crippen LogP contribution >= 0.6 is 15.9 Å². The number of carbonyl (C=O) groups excluding carboxylic acids is 1. The van der Waals surface area contributed by atoms with Crippen LogP contribution in [0.3, 0.4) is 0 Å². The van der Waals surface area contributed by atoms with Gasteiger partial charge in [0.1, 0.15) is 29.6 Å². The van der Waals surface area contributed by atoms with E-state index in [1.54, 1.807) is 33.5 Å². The molecule has 0 aromatic heterocycles. The van der Waals surface area contributed by atoms with E-state index in [2.05, 4.69) is 21.2 Å². The number of nitrogens with zero attached hydrogens (tertiary/aromatic N) is 1. The average Bonchev–Trinajstić information content (AvgIpc) is 3.42. The highest BCUT2D eigenvalue weighted by Gasteiger charge is 2.44. The molecule has 3 aromatic rings. The lowest BCUT2D eigenvalue weighted by atomic mass is 9.91. The molecular formula is C30H33BrN2O7. The quantitative estimate of drug-likeness (QED) is 0.277. The van der Waals surface area contributed by atoms with Crippen LogP contribution in [0.4, 0.5) is 0 Å². The maximum atomic E-state index is 13.9. The molecule has 9 nitrogen and oxygen atoms in total. The lowest BCUT2D eigenvalue weighted by molar-refractivity contribution is -0.126. The third kappa shape index (κ3) is 6.86. The first-order chi connectivity index (χ1) is 19.4. The van der Waals surface area contributed by atoms with E-state index < -0.39 is 5.54 Å². The van der Waals surface area contributed by atoms with Gasteiger partial charge in [-0.05, 0) is 42.0 Å². The molecule has 0 radical (unpaired) electrons. The first kappa shape index (κ1) is 29.2. The zero-order chi connectivity index (χ0) is 28.5. The summed E-state index contributed by atoms with van der Waals surface area (Å²) in [4.78, 5) is 18.7. The zero-order valence-electron chi connectivity index (χ0n) is 22.7. The van der Waals surface area contributed by atoms with E-state index >= 15 is 0 Å². The molecule has 4 rings (SSSR count). The van der Waals surface area contributed by atoms with Gasteiger partial charge in [0.05, 0.1) is 40.0 Å². The fourth-order valence-electron chi connectivity index (χ4n) is 4.36. The van der Waals surface area contributed by atoms with Crippen molar-refractivity contribution in [2.45, 2.75) is 24.9 Å². The molecule has 1 amide bonds. The summed E-state index contributed by atoms with van der Waals surface area (Å²) in [6, 6.07) is 18.6. The van der Waals surface area contributed by atoms with Crippen molar-refractivity contribution in [1.82, 2.24) is 5.32 Å². The Kier molecular flexibility index (Phi) is 9.89. The fourth-order valence-corrected chi connectivity index (χ4v) is 4.62. The Morgan fingerprint density at radius 1 is 1.00 bits per heavy atom. The number of carbonyl (C=O) groups is 1. The minimum absolute atomic E-state index is 0.0727. The Balaban J connectivity index is 1.60. The van der Waals surface area contributed by atoms with Crippen molar-refractivity contribution >= 4 is 27.7 Å². The Bertz CT molecular complexity index is 1300. The van der Waals surface area contributed by atoms with Crippen LogP contribution in [0.2, 0.25) is 0 Å². The number of methoxy groups -OCH3 is 3. The van der Waals surface area contributed by atoms with Crippen LogP contribution in [0.15, 0.2) is 70.1 Å². The first-order valence-corrected chi connectivity index (χ1v) is 13.6. The number of nitrogens with one attached hydrogen (secondary N) is 1. The Hall–Kier alpha value is -3.76. The number of rotatable bonds is 13. The predicted octanol–water partition coefficient (Wildman–Crippen LogP) is 4.31. The summed E-state index contributed by atoms with van der Waals surface area (Å²) in [5.74, 6) is 2.43. The van der Waals surface area contributed by atoms with Crippen molar-refractivity contribution in [1.29, 1.82) is 0 Å². The van der Waals surface area contributed by atoms with E-state index in [1.165, 1.54) is 0 Å². The molecule has 0 saturated heterocycles. The van der Waals surface area contributed by atoms with Gasteiger partial charge in [0.15, 0.2) is 5.54 Å². The Labute approximate surface area is 242 Å². The van der Waals surface area contributed by atoms with E-state index in [0.717, 1.165) is 15.6 Å². The largest absolute Gasteiger partial charge is 0.496 e. The van der Waals surface area contributed by atoms with Gasteiger partial charge in [-0.3, -0.25) is 4.79 Å². The summed E-state index contributed by atoms with van der Waals surface area (Å²) in [5.41, 5.74) is 1.17. The monoisotopic (exact) mass is 612 g/mol. The molecule has 0 aliphatic carbocycles. The molecule has 1 heterocycles. The molecule has 0 spiro atoms.